The van der Waals surface area contributed by atoms with E-state index in [1.807, 2.05) is 0 Å². The zero-order valence-corrected chi connectivity index (χ0v) is 12.6. The van der Waals surface area contributed by atoms with Crippen molar-refractivity contribution in [2.24, 2.45) is 5.92 Å². The average molecular weight is 291 g/mol. The minimum absolute atomic E-state index is 0.0520. The van der Waals surface area contributed by atoms with Gasteiger partial charge in [-0.25, -0.2) is 13.2 Å². The van der Waals surface area contributed by atoms with Gasteiger partial charge >= 0.3 is 6.09 Å². The molecule has 7 heteroatoms. The summed E-state index contributed by atoms with van der Waals surface area (Å²) in [6, 6.07) is -0.757. The number of likely N-dealkylation sites (N-methyl/N-ethyl adjacent to an activating group) is 1. The second-order valence-electron chi connectivity index (χ2n) is 5.88. The Labute approximate surface area is 114 Å². The largest absolute Gasteiger partial charge is 0.444 e. The van der Waals surface area contributed by atoms with Crippen LogP contribution in [0, 0.1) is 5.92 Å². The van der Waals surface area contributed by atoms with E-state index in [9.17, 15) is 18.0 Å². The average Bonchev–Trinajstić information content (AvgIpc) is 2.57. The Morgan fingerprint density at radius 2 is 2.00 bits per heavy atom. The second kappa shape index (κ2) is 5.48. The number of hydrogen-bond acceptors (Lipinski definition) is 5. The van der Waals surface area contributed by atoms with E-state index in [0.717, 1.165) is 0 Å². The molecule has 1 saturated heterocycles. The van der Waals surface area contributed by atoms with Crippen molar-refractivity contribution in [3.8, 4) is 0 Å². The first-order valence-electron chi connectivity index (χ1n) is 6.17. The monoisotopic (exact) mass is 291 g/mol. The van der Waals surface area contributed by atoms with E-state index >= 15 is 0 Å². The van der Waals surface area contributed by atoms with Crippen molar-refractivity contribution in [2.75, 3.05) is 18.6 Å². The predicted octanol–water partition coefficient (Wildman–Crippen LogP) is 0.855. The zero-order chi connectivity index (χ0) is 14.8. The normalized spacial score (nSPS) is 23.7. The molecule has 0 bridgehead atoms. The second-order valence-corrected chi connectivity index (χ2v) is 8.11. The van der Waals surface area contributed by atoms with Gasteiger partial charge in [0.2, 0.25) is 0 Å². The van der Waals surface area contributed by atoms with Crippen LogP contribution in [0.3, 0.4) is 0 Å². The van der Waals surface area contributed by atoms with Gasteiger partial charge in [0.05, 0.1) is 17.5 Å². The van der Waals surface area contributed by atoms with Crippen molar-refractivity contribution in [1.29, 1.82) is 0 Å². The van der Waals surface area contributed by atoms with Gasteiger partial charge in [-0.1, -0.05) is 0 Å². The van der Waals surface area contributed by atoms with Gasteiger partial charge in [-0.15, -0.1) is 0 Å². The molecule has 110 valence electrons. The first-order valence-corrected chi connectivity index (χ1v) is 7.99. The Kier molecular flexibility index (Phi) is 4.60. The fraction of sp³-hybridized carbons (Fsp3) is 0.833. The van der Waals surface area contributed by atoms with Gasteiger partial charge < -0.3 is 14.4 Å². The quantitative estimate of drug-likeness (QED) is 0.720. The molecule has 1 amide bonds. The minimum atomic E-state index is -3.08. The summed E-state index contributed by atoms with van der Waals surface area (Å²) in [5, 5.41) is 0. The van der Waals surface area contributed by atoms with Crippen LogP contribution in [0.15, 0.2) is 0 Å². The maximum absolute atomic E-state index is 11.9. The molecule has 1 fully saturated rings. The predicted molar refractivity (Wildman–Crippen MR) is 70.6 cm³/mol. The van der Waals surface area contributed by atoms with Crippen molar-refractivity contribution in [2.45, 2.75) is 38.8 Å². The molecule has 0 aliphatic carbocycles. The van der Waals surface area contributed by atoms with Crippen LogP contribution in [0.25, 0.3) is 0 Å². The van der Waals surface area contributed by atoms with E-state index in [1.54, 1.807) is 20.8 Å². The fourth-order valence-electron chi connectivity index (χ4n) is 2.07. The highest BCUT2D eigenvalue weighted by Crippen LogP contribution is 2.24. The smallest absolute Gasteiger partial charge is 0.410 e. The standard InChI is InChI=1S/C12H21NO5S/c1-12(2,3)18-11(15)13(4)10(7-14)9-5-6-19(16,17)8-9/h7,9-10H,5-6,8H2,1-4H3. The summed E-state index contributed by atoms with van der Waals surface area (Å²) in [6.45, 7) is 5.19. The number of aldehydes is 1. The highest BCUT2D eigenvalue weighted by Gasteiger charge is 2.38. The third-order valence-corrected chi connectivity index (χ3v) is 4.81. The minimum Gasteiger partial charge on any atom is -0.444 e. The van der Waals surface area contributed by atoms with E-state index in [0.29, 0.717) is 12.7 Å². The maximum Gasteiger partial charge on any atom is 0.410 e. The van der Waals surface area contributed by atoms with E-state index in [1.165, 1.54) is 11.9 Å². The Hall–Kier alpha value is -1.11. The third-order valence-electron chi connectivity index (χ3n) is 3.02. The molecule has 0 radical (unpaired) electrons. The SMILES string of the molecule is CN(C(=O)OC(C)(C)C)C(C=O)C1CCS(=O)(=O)C1. The molecule has 1 aliphatic heterocycles. The van der Waals surface area contributed by atoms with Crippen molar-refractivity contribution in [3.05, 3.63) is 0 Å². The molecular formula is C12H21NO5S. The van der Waals surface area contributed by atoms with Crippen LogP contribution < -0.4 is 0 Å². The molecule has 1 rings (SSSR count). The Balaban J connectivity index is 2.75. The number of hydrogen-bond donors (Lipinski definition) is 0. The first-order chi connectivity index (χ1) is 8.56. The summed E-state index contributed by atoms with van der Waals surface area (Å²) in [5.74, 6) is -0.326. The van der Waals surface area contributed by atoms with E-state index in [-0.39, 0.29) is 17.4 Å². The molecule has 0 aromatic carbocycles. The number of carbonyl (C=O) groups is 2. The van der Waals surface area contributed by atoms with Gasteiger partial charge in [-0.05, 0) is 27.2 Å². The van der Waals surface area contributed by atoms with Crippen LogP contribution in [0.2, 0.25) is 0 Å². The summed E-state index contributed by atoms with van der Waals surface area (Å²) < 4.78 is 28.0. The highest BCUT2D eigenvalue weighted by atomic mass is 32.2. The summed E-state index contributed by atoms with van der Waals surface area (Å²) >= 11 is 0. The van der Waals surface area contributed by atoms with Crippen molar-refractivity contribution >= 4 is 22.2 Å². The molecule has 0 N–H and O–H groups in total. The van der Waals surface area contributed by atoms with Crippen molar-refractivity contribution in [3.63, 3.8) is 0 Å². The van der Waals surface area contributed by atoms with Crippen LogP contribution in [-0.2, 0) is 19.4 Å². The molecule has 19 heavy (non-hydrogen) atoms. The molecule has 6 nitrogen and oxygen atoms in total. The van der Waals surface area contributed by atoms with Gasteiger partial charge in [0.25, 0.3) is 0 Å². The molecule has 1 heterocycles. The lowest BCUT2D eigenvalue weighted by Crippen LogP contribution is -2.45. The van der Waals surface area contributed by atoms with Gasteiger partial charge in [0, 0.05) is 13.0 Å². The maximum atomic E-state index is 11.9. The first kappa shape index (κ1) is 15.9. The summed E-state index contributed by atoms with van der Waals surface area (Å²) in [4.78, 5) is 24.2. The van der Waals surface area contributed by atoms with Crippen LogP contribution >= 0.6 is 0 Å². The number of sulfone groups is 1. The lowest BCUT2D eigenvalue weighted by Gasteiger charge is -2.30. The van der Waals surface area contributed by atoms with Gasteiger partial charge in [0.15, 0.2) is 9.84 Å². The highest BCUT2D eigenvalue weighted by molar-refractivity contribution is 7.91. The number of amides is 1. The Morgan fingerprint density at radius 3 is 2.37 bits per heavy atom. The zero-order valence-electron chi connectivity index (χ0n) is 11.8. The van der Waals surface area contributed by atoms with Gasteiger partial charge in [-0.2, -0.15) is 0 Å². The van der Waals surface area contributed by atoms with E-state index in [4.69, 9.17) is 4.74 Å². The number of carbonyl (C=O) groups excluding carboxylic acids is 2. The van der Waals surface area contributed by atoms with Crippen LogP contribution in [-0.4, -0.2) is 55.9 Å². The molecular weight excluding hydrogens is 270 g/mol. The van der Waals surface area contributed by atoms with Crippen LogP contribution in [0.1, 0.15) is 27.2 Å². The molecule has 0 aromatic rings. The van der Waals surface area contributed by atoms with Crippen molar-refractivity contribution in [1.82, 2.24) is 4.90 Å². The van der Waals surface area contributed by atoms with E-state index < -0.39 is 27.6 Å². The van der Waals surface area contributed by atoms with Gasteiger partial charge in [-0.3, -0.25) is 0 Å². The summed E-state index contributed by atoms with van der Waals surface area (Å²) in [5.41, 5.74) is -0.652. The van der Waals surface area contributed by atoms with Crippen molar-refractivity contribution < 1.29 is 22.7 Å². The number of ether oxygens (including phenoxy) is 1. The Bertz CT molecular complexity index is 451. The molecule has 1 aliphatic rings. The number of rotatable bonds is 3. The van der Waals surface area contributed by atoms with Crippen LogP contribution in [0.5, 0.6) is 0 Å². The number of nitrogens with zero attached hydrogens (tertiary/aromatic N) is 1. The van der Waals surface area contributed by atoms with Crippen LogP contribution in [0.4, 0.5) is 4.79 Å². The molecule has 0 spiro atoms. The topological polar surface area (TPSA) is 80.8 Å². The summed E-state index contributed by atoms with van der Waals surface area (Å²) in [7, 11) is -1.63. The molecule has 0 saturated carbocycles. The third kappa shape index (κ3) is 4.49. The Morgan fingerprint density at radius 1 is 1.42 bits per heavy atom. The van der Waals surface area contributed by atoms with Gasteiger partial charge in [0.1, 0.15) is 11.9 Å². The molecule has 0 aromatic heterocycles. The molecule has 2 unspecified atom stereocenters. The summed E-state index contributed by atoms with van der Waals surface area (Å²) in [6.07, 6.45) is 0.405. The fourth-order valence-corrected chi connectivity index (χ4v) is 3.91. The lowest BCUT2D eigenvalue weighted by atomic mass is 9.99. The lowest BCUT2D eigenvalue weighted by molar-refractivity contribution is -0.113. The molecule has 2 atom stereocenters. The van der Waals surface area contributed by atoms with E-state index in [2.05, 4.69) is 0 Å².